The fraction of sp³-hybridized carbons (Fsp3) is 0.167. The lowest BCUT2D eigenvalue weighted by Gasteiger charge is -2.18. The van der Waals surface area contributed by atoms with Crippen LogP contribution < -0.4 is 10.6 Å². The maximum Gasteiger partial charge on any atom is 0.416 e. The zero-order valence-corrected chi connectivity index (χ0v) is 16.5. The molecular formula is C24H21F3N2O2. The molecule has 0 unspecified atom stereocenters. The van der Waals surface area contributed by atoms with Gasteiger partial charge >= 0.3 is 6.18 Å². The number of alkyl halides is 3. The Kier molecular flexibility index (Phi) is 7.07. The minimum Gasteiger partial charge on any atom is -0.354 e. The van der Waals surface area contributed by atoms with E-state index in [9.17, 15) is 22.8 Å². The van der Waals surface area contributed by atoms with Crippen molar-refractivity contribution < 1.29 is 22.8 Å². The number of amides is 2. The molecule has 7 heteroatoms. The number of rotatable bonds is 7. The summed E-state index contributed by atoms with van der Waals surface area (Å²) in [6.45, 7) is 0.323. The molecule has 4 nitrogen and oxygen atoms in total. The van der Waals surface area contributed by atoms with E-state index < -0.39 is 23.6 Å². The van der Waals surface area contributed by atoms with E-state index in [0.717, 1.165) is 35.4 Å². The minimum atomic E-state index is -4.45. The molecule has 3 rings (SSSR count). The molecule has 0 fully saturated rings. The summed E-state index contributed by atoms with van der Waals surface area (Å²) in [5, 5.41) is 5.41. The topological polar surface area (TPSA) is 58.2 Å². The third kappa shape index (κ3) is 5.94. The first-order valence-corrected chi connectivity index (χ1v) is 9.69. The minimum absolute atomic E-state index is 0.116. The number of carbonyl (C=O) groups excluding carboxylic acids is 2. The van der Waals surface area contributed by atoms with E-state index in [2.05, 4.69) is 10.6 Å². The molecule has 0 aliphatic carbocycles. The average Bonchev–Trinajstić information content (AvgIpc) is 2.78. The number of hydrogen-bond acceptors (Lipinski definition) is 2. The maximum atomic E-state index is 12.9. The summed E-state index contributed by atoms with van der Waals surface area (Å²) in [4.78, 5) is 25.0. The van der Waals surface area contributed by atoms with Crippen LogP contribution in [-0.4, -0.2) is 24.9 Å². The third-order valence-corrected chi connectivity index (χ3v) is 4.71. The Morgan fingerprint density at radius 1 is 0.710 bits per heavy atom. The Balaban J connectivity index is 1.56. The summed E-state index contributed by atoms with van der Waals surface area (Å²) < 4.78 is 37.8. The van der Waals surface area contributed by atoms with Gasteiger partial charge in [0.15, 0.2) is 0 Å². The summed E-state index contributed by atoms with van der Waals surface area (Å²) in [6.07, 6.45) is -4.45. The van der Waals surface area contributed by atoms with E-state index in [1.165, 1.54) is 0 Å². The van der Waals surface area contributed by atoms with E-state index in [1.807, 2.05) is 60.7 Å². The van der Waals surface area contributed by atoms with Crippen LogP contribution in [-0.2, 0) is 11.0 Å². The number of benzene rings is 3. The van der Waals surface area contributed by atoms with E-state index in [-0.39, 0.29) is 24.6 Å². The van der Waals surface area contributed by atoms with Gasteiger partial charge < -0.3 is 10.6 Å². The van der Waals surface area contributed by atoms with Gasteiger partial charge in [-0.2, -0.15) is 13.2 Å². The van der Waals surface area contributed by atoms with Crippen LogP contribution in [0.15, 0.2) is 84.9 Å². The number of nitrogens with one attached hydrogen (secondary N) is 2. The second-order valence-corrected chi connectivity index (χ2v) is 6.88. The van der Waals surface area contributed by atoms with Crippen LogP contribution in [0.1, 0.15) is 33.0 Å². The number of hydrogen-bond donors (Lipinski definition) is 2. The van der Waals surface area contributed by atoms with Gasteiger partial charge in [-0.3, -0.25) is 9.59 Å². The zero-order chi connectivity index (χ0) is 22.3. The Labute approximate surface area is 178 Å². The average molecular weight is 426 g/mol. The molecule has 160 valence electrons. The fourth-order valence-electron chi connectivity index (χ4n) is 3.16. The van der Waals surface area contributed by atoms with E-state index >= 15 is 0 Å². The van der Waals surface area contributed by atoms with Gasteiger partial charge in [-0.25, -0.2) is 0 Å². The van der Waals surface area contributed by atoms with Gasteiger partial charge in [0.05, 0.1) is 11.5 Å². The van der Waals surface area contributed by atoms with Gasteiger partial charge in [0.1, 0.15) is 0 Å². The van der Waals surface area contributed by atoms with Gasteiger partial charge in [-0.1, -0.05) is 60.7 Å². The summed E-state index contributed by atoms with van der Waals surface area (Å²) >= 11 is 0. The Morgan fingerprint density at radius 2 is 1.19 bits per heavy atom. The van der Waals surface area contributed by atoms with E-state index in [4.69, 9.17) is 0 Å². The second kappa shape index (κ2) is 9.93. The summed E-state index contributed by atoms with van der Waals surface area (Å²) in [5.41, 5.74) is 0.995. The molecule has 0 spiro atoms. The standard InChI is InChI=1S/C24H21F3N2O2/c25-24(26,27)20-13-11-19(12-14-20)22(30)28-15-16-29-23(31)21(17-7-3-1-4-8-17)18-9-5-2-6-10-18/h1-14,21H,15-16H2,(H,28,30)(H,29,31). The molecule has 2 N–H and O–H groups in total. The molecule has 0 radical (unpaired) electrons. The Morgan fingerprint density at radius 3 is 1.68 bits per heavy atom. The van der Waals surface area contributed by atoms with Crippen molar-refractivity contribution in [1.82, 2.24) is 10.6 Å². The van der Waals surface area contributed by atoms with Crippen molar-refractivity contribution >= 4 is 11.8 Å². The maximum absolute atomic E-state index is 12.9. The van der Waals surface area contributed by atoms with Gasteiger partial charge in [0.25, 0.3) is 5.91 Å². The lowest BCUT2D eigenvalue weighted by Crippen LogP contribution is -2.37. The summed E-state index contributed by atoms with van der Waals surface area (Å²) in [7, 11) is 0. The van der Waals surface area contributed by atoms with Crippen LogP contribution in [0.2, 0.25) is 0 Å². The van der Waals surface area contributed by atoms with Crippen molar-refractivity contribution in [2.24, 2.45) is 0 Å². The van der Waals surface area contributed by atoms with Crippen molar-refractivity contribution in [2.45, 2.75) is 12.1 Å². The van der Waals surface area contributed by atoms with Gasteiger partial charge in [-0.05, 0) is 35.4 Å². The molecule has 0 atom stereocenters. The van der Waals surface area contributed by atoms with E-state index in [1.54, 1.807) is 0 Å². The van der Waals surface area contributed by atoms with Crippen LogP contribution in [0.25, 0.3) is 0 Å². The van der Waals surface area contributed by atoms with Crippen molar-refractivity contribution in [3.8, 4) is 0 Å². The molecule has 0 aliphatic rings. The SMILES string of the molecule is O=C(NCCNC(=O)C(c1ccccc1)c1ccccc1)c1ccc(C(F)(F)F)cc1. The molecule has 0 aromatic heterocycles. The first kappa shape index (κ1) is 22.1. The molecule has 0 heterocycles. The first-order chi connectivity index (χ1) is 14.9. The quantitative estimate of drug-likeness (QED) is 0.551. The zero-order valence-electron chi connectivity index (χ0n) is 16.5. The molecule has 0 bridgehead atoms. The van der Waals surface area contributed by atoms with Crippen molar-refractivity contribution in [3.63, 3.8) is 0 Å². The number of carbonyl (C=O) groups is 2. The molecular weight excluding hydrogens is 405 g/mol. The largest absolute Gasteiger partial charge is 0.416 e. The molecule has 0 saturated carbocycles. The van der Waals surface area contributed by atoms with Crippen LogP contribution in [0.4, 0.5) is 13.2 Å². The van der Waals surface area contributed by atoms with Gasteiger partial charge in [-0.15, -0.1) is 0 Å². The molecule has 0 saturated heterocycles. The smallest absolute Gasteiger partial charge is 0.354 e. The third-order valence-electron chi connectivity index (χ3n) is 4.71. The van der Waals surface area contributed by atoms with Crippen LogP contribution in [0, 0.1) is 0 Å². The fourth-order valence-corrected chi connectivity index (χ4v) is 3.16. The molecule has 0 aliphatic heterocycles. The lowest BCUT2D eigenvalue weighted by atomic mass is 9.90. The van der Waals surface area contributed by atoms with E-state index in [0.29, 0.717) is 0 Å². The summed E-state index contributed by atoms with van der Waals surface area (Å²) in [5.74, 6) is -1.21. The van der Waals surface area contributed by atoms with Crippen molar-refractivity contribution in [3.05, 3.63) is 107 Å². The first-order valence-electron chi connectivity index (χ1n) is 9.69. The molecule has 31 heavy (non-hydrogen) atoms. The van der Waals surface area contributed by atoms with Crippen molar-refractivity contribution in [2.75, 3.05) is 13.1 Å². The highest BCUT2D eigenvalue weighted by Crippen LogP contribution is 2.29. The monoisotopic (exact) mass is 426 g/mol. The van der Waals surface area contributed by atoms with Crippen LogP contribution in [0.3, 0.4) is 0 Å². The molecule has 3 aromatic carbocycles. The predicted molar refractivity (Wildman–Crippen MR) is 112 cm³/mol. The van der Waals surface area contributed by atoms with Gasteiger partial charge in [0, 0.05) is 18.7 Å². The highest BCUT2D eigenvalue weighted by molar-refractivity contribution is 5.94. The van der Waals surface area contributed by atoms with Crippen molar-refractivity contribution in [1.29, 1.82) is 0 Å². The Bertz CT molecular complexity index is 965. The highest BCUT2D eigenvalue weighted by Gasteiger charge is 2.30. The highest BCUT2D eigenvalue weighted by atomic mass is 19.4. The normalized spacial score (nSPS) is 11.2. The molecule has 3 aromatic rings. The van der Waals surface area contributed by atoms with Crippen LogP contribution in [0.5, 0.6) is 0 Å². The number of halogens is 3. The summed E-state index contributed by atoms with van der Waals surface area (Å²) in [6, 6.07) is 22.7. The van der Waals surface area contributed by atoms with Gasteiger partial charge in [0.2, 0.25) is 5.91 Å². The second-order valence-electron chi connectivity index (χ2n) is 6.88. The van der Waals surface area contributed by atoms with Crippen LogP contribution >= 0.6 is 0 Å². The molecule has 2 amide bonds. The Hall–Kier alpha value is -3.61. The predicted octanol–water partition coefficient (Wildman–Crippen LogP) is 4.38. The lowest BCUT2D eigenvalue weighted by molar-refractivity contribution is -0.137.